The third-order valence-corrected chi connectivity index (χ3v) is 3.55. The zero-order valence-corrected chi connectivity index (χ0v) is 12.7. The molecule has 0 fully saturated rings. The van der Waals surface area contributed by atoms with E-state index in [2.05, 4.69) is 31.0 Å². The molecule has 0 amide bonds. The molecule has 0 aliphatic carbocycles. The summed E-state index contributed by atoms with van der Waals surface area (Å²) in [4.78, 5) is 14.0. The molecule has 0 radical (unpaired) electrons. The van der Waals surface area contributed by atoms with Crippen molar-refractivity contribution in [2.24, 2.45) is 0 Å². The minimum Gasteiger partial charge on any atom is -0.468 e. The van der Waals surface area contributed by atoms with Gasteiger partial charge in [-0.2, -0.15) is 0 Å². The smallest absolute Gasteiger partial charge is 0.322 e. The molecule has 0 rings (SSSR count). The molecular formula is C14H30N2O2. The Morgan fingerprint density at radius 2 is 2.00 bits per heavy atom. The highest BCUT2D eigenvalue weighted by Crippen LogP contribution is 2.08. The van der Waals surface area contributed by atoms with Crippen LogP contribution in [0.2, 0.25) is 0 Å². The van der Waals surface area contributed by atoms with Gasteiger partial charge in [-0.05, 0) is 39.8 Å². The Balaban J connectivity index is 4.25. The second-order valence-corrected chi connectivity index (χ2v) is 4.80. The molecule has 0 aliphatic rings. The van der Waals surface area contributed by atoms with Crippen LogP contribution in [0.4, 0.5) is 0 Å². The quantitative estimate of drug-likeness (QED) is 0.609. The average molecular weight is 258 g/mol. The second-order valence-electron chi connectivity index (χ2n) is 4.80. The van der Waals surface area contributed by atoms with E-state index in [1.807, 2.05) is 0 Å². The Labute approximate surface area is 112 Å². The van der Waals surface area contributed by atoms with E-state index in [1.54, 1.807) is 7.05 Å². The molecule has 4 nitrogen and oxygen atoms in total. The first-order valence-electron chi connectivity index (χ1n) is 7.09. The Morgan fingerprint density at radius 1 is 1.33 bits per heavy atom. The van der Waals surface area contributed by atoms with E-state index in [4.69, 9.17) is 4.74 Å². The fourth-order valence-electron chi connectivity index (χ4n) is 1.99. The Hall–Kier alpha value is -0.610. The number of esters is 1. The van der Waals surface area contributed by atoms with Crippen LogP contribution in [0.25, 0.3) is 0 Å². The first kappa shape index (κ1) is 17.4. The number of carbonyl (C=O) groups excluding carboxylic acids is 1. The summed E-state index contributed by atoms with van der Waals surface area (Å²) in [5, 5.41) is 3.02. The molecule has 0 spiro atoms. The molecule has 0 saturated carbocycles. The molecule has 2 atom stereocenters. The highest BCUT2D eigenvalue weighted by Gasteiger charge is 2.19. The van der Waals surface area contributed by atoms with Gasteiger partial charge in [0.2, 0.25) is 0 Å². The minimum atomic E-state index is -0.191. The predicted octanol–water partition coefficient (Wildman–Crippen LogP) is 2.04. The molecule has 0 saturated heterocycles. The third-order valence-electron chi connectivity index (χ3n) is 3.55. The number of likely N-dealkylation sites (N-methyl/N-ethyl adjacent to an activating group) is 1. The highest BCUT2D eigenvalue weighted by atomic mass is 16.5. The van der Waals surface area contributed by atoms with Gasteiger partial charge in [0.25, 0.3) is 0 Å². The van der Waals surface area contributed by atoms with Crippen LogP contribution >= 0.6 is 0 Å². The second kappa shape index (κ2) is 10.3. The van der Waals surface area contributed by atoms with Crippen molar-refractivity contribution in [3.05, 3.63) is 0 Å². The van der Waals surface area contributed by atoms with Crippen LogP contribution in [-0.4, -0.2) is 50.2 Å². The first-order valence-corrected chi connectivity index (χ1v) is 7.09. The fraction of sp³-hybridized carbons (Fsp3) is 0.929. The Morgan fingerprint density at radius 3 is 2.44 bits per heavy atom. The monoisotopic (exact) mass is 258 g/mol. The van der Waals surface area contributed by atoms with Crippen LogP contribution in [0.1, 0.15) is 46.5 Å². The van der Waals surface area contributed by atoms with Crippen LogP contribution < -0.4 is 5.32 Å². The van der Waals surface area contributed by atoms with Gasteiger partial charge in [-0.15, -0.1) is 0 Å². The van der Waals surface area contributed by atoms with E-state index in [0.717, 1.165) is 25.9 Å². The number of ether oxygens (including phenoxy) is 1. The SMILES string of the molecule is CCCCN(CCC(NC)C(=O)OC)C(C)CC. The van der Waals surface area contributed by atoms with Gasteiger partial charge in [-0.25, -0.2) is 0 Å². The average Bonchev–Trinajstić information content (AvgIpc) is 2.41. The summed E-state index contributed by atoms with van der Waals surface area (Å²) in [6.07, 6.45) is 4.37. The van der Waals surface area contributed by atoms with Crippen LogP contribution in [0.5, 0.6) is 0 Å². The van der Waals surface area contributed by atoms with E-state index in [0.29, 0.717) is 6.04 Å². The standard InChI is InChI=1S/C14H30N2O2/c1-6-8-10-16(12(3)7-2)11-9-13(15-4)14(17)18-5/h12-13,15H,6-11H2,1-5H3. The molecule has 108 valence electrons. The van der Waals surface area contributed by atoms with Crippen LogP contribution in [0.15, 0.2) is 0 Å². The number of hydrogen-bond acceptors (Lipinski definition) is 4. The number of hydrogen-bond donors (Lipinski definition) is 1. The number of nitrogens with zero attached hydrogens (tertiary/aromatic N) is 1. The van der Waals surface area contributed by atoms with Crippen LogP contribution in [0.3, 0.4) is 0 Å². The molecule has 0 aromatic carbocycles. The molecule has 0 aromatic rings. The van der Waals surface area contributed by atoms with Crippen molar-refractivity contribution >= 4 is 5.97 Å². The largest absolute Gasteiger partial charge is 0.468 e. The molecule has 0 aliphatic heterocycles. The molecule has 18 heavy (non-hydrogen) atoms. The topological polar surface area (TPSA) is 41.6 Å². The number of nitrogens with one attached hydrogen (secondary N) is 1. The van der Waals surface area contributed by atoms with Gasteiger partial charge in [0.1, 0.15) is 6.04 Å². The zero-order valence-electron chi connectivity index (χ0n) is 12.7. The van der Waals surface area contributed by atoms with E-state index < -0.39 is 0 Å². The van der Waals surface area contributed by atoms with Gasteiger partial charge in [-0.3, -0.25) is 4.79 Å². The van der Waals surface area contributed by atoms with Crippen molar-refractivity contribution in [1.82, 2.24) is 10.2 Å². The maximum Gasteiger partial charge on any atom is 0.322 e. The molecule has 1 N–H and O–H groups in total. The highest BCUT2D eigenvalue weighted by molar-refractivity contribution is 5.75. The van der Waals surface area contributed by atoms with E-state index in [1.165, 1.54) is 20.0 Å². The summed E-state index contributed by atoms with van der Waals surface area (Å²) in [6, 6.07) is 0.384. The van der Waals surface area contributed by atoms with Crippen molar-refractivity contribution in [3.8, 4) is 0 Å². The van der Waals surface area contributed by atoms with E-state index in [-0.39, 0.29) is 12.0 Å². The number of methoxy groups -OCH3 is 1. The molecule has 4 heteroatoms. The Bertz CT molecular complexity index is 222. The fourth-order valence-corrected chi connectivity index (χ4v) is 1.99. The lowest BCUT2D eigenvalue weighted by Crippen LogP contribution is -2.41. The van der Waals surface area contributed by atoms with Crippen molar-refractivity contribution < 1.29 is 9.53 Å². The summed E-state index contributed by atoms with van der Waals surface area (Å²) in [5.41, 5.74) is 0. The molecule has 0 bridgehead atoms. The van der Waals surface area contributed by atoms with Crippen molar-refractivity contribution in [3.63, 3.8) is 0 Å². The van der Waals surface area contributed by atoms with Crippen LogP contribution in [-0.2, 0) is 9.53 Å². The minimum absolute atomic E-state index is 0.169. The molecule has 0 heterocycles. The number of carbonyl (C=O) groups is 1. The normalized spacial score (nSPS) is 14.6. The summed E-state index contributed by atoms with van der Waals surface area (Å²) >= 11 is 0. The lowest BCUT2D eigenvalue weighted by atomic mass is 10.1. The van der Waals surface area contributed by atoms with Gasteiger partial charge in [0, 0.05) is 12.6 Å². The first-order chi connectivity index (χ1) is 8.60. The van der Waals surface area contributed by atoms with Gasteiger partial charge in [-0.1, -0.05) is 20.3 Å². The summed E-state index contributed by atoms with van der Waals surface area (Å²) in [7, 11) is 3.25. The van der Waals surface area contributed by atoms with Crippen LogP contribution in [0, 0.1) is 0 Å². The molecule has 2 unspecified atom stereocenters. The number of rotatable bonds is 10. The van der Waals surface area contributed by atoms with Gasteiger partial charge in [0.05, 0.1) is 7.11 Å². The van der Waals surface area contributed by atoms with Gasteiger partial charge >= 0.3 is 5.97 Å². The maximum atomic E-state index is 11.5. The summed E-state index contributed by atoms with van der Waals surface area (Å²) in [6.45, 7) is 8.72. The van der Waals surface area contributed by atoms with Crippen molar-refractivity contribution in [2.75, 3.05) is 27.2 Å². The summed E-state index contributed by atoms with van der Waals surface area (Å²) < 4.78 is 4.78. The van der Waals surface area contributed by atoms with E-state index in [9.17, 15) is 4.79 Å². The lowest BCUT2D eigenvalue weighted by molar-refractivity contribution is -0.143. The number of unbranched alkanes of at least 4 members (excludes halogenated alkanes) is 1. The van der Waals surface area contributed by atoms with E-state index >= 15 is 0 Å². The molecule has 0 aromatic heterocycles. The van der Waals surface area contributed by atoms with Gasteiger partial charge in [0.15, 0.2) is 0 Å². The summed E-state index contributed by atoms with van der Waals surface area (Å²) in [5.74, 6) is -0.169. The van der Waals surface area contributed by atoms with Crippen molar-refractivity contribution in [1.29, 1.82) is 0 Å². The zero-order chi connectivity index (χ0) is 14.0. The predicted molar refractivity (Wildman–Crippen MR) is 75.7 cm³/mol. The van der Waals surface area contributed by atoms with Gasteiger partial charge < -0.3 is 15.0 Å². The maximum absolute atomic E-state index is 11.5. The third kappa shape index (κ3) is 6.36. The van der Waals surface area contributed by atoms with Crippen molar-refractivity contribution in [2.45, 2.75) is 58.5 Å². The molecular weight excluding hydrogens is 228 g/mol. The lowest BCUT2D eigenvalue weighted by Gasteiger charge is -2.29. The Kier molecular flexibility index (Phi) is 9.98.